The predicted molar refractivity (Wildman–Crippen MR) is 74.2 cm³/mol. The van der Waals surface area contributed by atoms with E-state index in [-0.39, 0.29) is 6.04 Å². The number of benzene rings is 1. The van der Waals surface area contributed by atoms with Gasteiger partial charge in [-0.3, -0.25) is 0 Å². The highest BCUT2D eigenvalue weighted by molar-refractivity contribution is 5.43. The molecule has 0 bridgehead atoms. The van der Waals surface area contributed by atoms with Crippen LogP contribution in [0.3, 0.4) is 0 Å². The van der Waals surface area contributed by atoms with Gasteiger partial charge in [-0.05, 0) is 44.3 Å². The maximum atomic E-state index is 5.79. The summed E-state index contributed by atoms with van der Waals surface area (Å²) in [5.74, 6) is 1.88. The Labute approximate surface area is 110 Å². The Morgan fingerprint density at radius 3 is 2.22 bits per heavy atom. The van der Waals surface area contributed by atoms with Crippen LogP contribution in [0.2, 0.25) is 0 Å². The number of nitrogens with two attached hydrogens (primary N) is 1. The van der Waals surface area contributed by atoms with E-state index in [4.69, 9.17) is 15.2 Å². The van der Waals surface area contributed by atoms with Gasteiger partial charge < -0.3 is 20.1 Å². The van der Waals surface area contributed by atoms with E-state index >= 15 is 0 Å². The second kappa shape index (κ2) is 6.61. The molecule has 0 aliphatic rings. The van der Waals surface area contributed by atoms with E-state index < -0.39 is 0 Å². The molecule has 2 atom stereocenters. The molecule has 2 unspecified atom stereocenters. The molecule has 0 radical (unpaired) electrons. The minimum Gasteiger partial charge on any atom is -0.493 e. The third-order valence-electron chi connectivity index (χ3n) is 3.22. The molecule has 18 heavy (non-hydrogen) atoms. The monoisotopic (exact) mass is 252 g/mol. The molecule has 0 aliphatic heterocycles. The first-order chi connectivity index (χ1) is 8.54. The average molecular weight is 252 g/mol. The Balaban J connectivity index is 3.13. The molecule has 0 aliphatic carbocycles. The third kappa shape index (κ3) is 3.15. The van der Waals surface area contributed by atoms with Crippen molar-refractivity contribution in [1.82, 2.24) is 4.90 Å². The fourth-order valence-electron chi connectivity index (χ4n) is 2.30. The lowest BCUT2D eigenvalue weighted by molar-refractivity contribution is 0.226. The Morgan fingerprint density at radius 2 is 1.78 bits per heavy atom. The van der Waals surface area contributed by atoms with E-state index in [0.29, 0.717) is 12.5 Å². The molecule has 0 aromatic heterocycles. The lowest BCUT2D eigenvalue weighted by Crippen LogP contribution is -2.30. The molecule has 102 valence electrons. The van der Waals surface area contributed by atoms with Gasteiger partial charge >= 0.3 is 0 Å². The van der Waals surface area contributed by atoms with E-state index in [1.165, 1.54) is 5.56 Å². The predicted octanol–water partition coefficient (Wildman–Crippen LogP) is 1.90. The van der Waals surface area contributed by atoms with Crippen molar-refractivity contribution in [2.45, 2.75) is 13.0 Å². The van der Waals surface area contributed by atoms with Gasteiger partial charge in [0.25, 0.3) is 0 Å². The summed E-state index contributed by atoms with van der Waals surface area (Å²) in [5.41, 5.74) is 6.98. The second-order valence-electron chi connectivity index (χ2n) is 4.74. The molecule has 0 saturated carbocycles. The molecule has 0 heterocycles. The summed E-state index contributed by atoms with van der Waals surface area (Å²) in [6, 6.07) is 6.30. The normalized spacial score (nSPS) is 14.4. The molecule has 1 aromatic carbocycles. The maximum Gasteiger partial charge on any atom is 0.161 e. The maximum absolute atomic E-state index is 5.79. The van der Waals surface area contributed by atoms with Crippen LogP contribution in [0.5, 0.6) is 11.5 Å². The summed E-state index contributed by atoms with van der Waals surface area (Å²) in [6.07, 6.45) is 0. The molecule has 2 N–H and O–H groups in total. The van der Waals surface area contributed by atoms with Crippen LogP contribution in [-0.4, -0.2) is 39.8 Å². The Morgan fingerprint density at radius 1 is 1.17 bits per heavy atom. The Kier molecular flexibility index (Phi) is 5.44. The first kappa shape index (κ1) is 14.8. The van der Waals surface area contributed by atoms with Crippen LogP contribution >= 0.6 is 0 Å². The van der Waals surface area contributed by atoms with Crippen LogP contribution in [0.1, 0.15) is 18.5 Å². The van der Waals surface area contributed by atoms with E-state index in [9.17, 15) is 0 Å². The van der Waals surface area contributed by atoms with Crippen LogP contribution in [0.25, 0.3) is 0 Å². The highest BCUT2D eigenvalue weighted by atomic mass is 16.5. The fraction of sp³-hybridized carbons (Fsp3) is 0.571. The fourth-order valence-corrected chi connectivity index (χ4v) is 2.30. The van der Waals surface area contributed by atoms with E-state index in [1.54, 1.807) is 14.2 Å². The molecule has 0 saturated heterocycles. The Bertz CT molecular complexity index is 380. The van der Waals surface area contributed by atoms with Crippen LogP contribution in [0.4, 0.5) is 0 Å². The van der Waals surface area contributed by atoms with Crippen molar-refractivity contribution in [3.05, 3.63) is 23.8 Å². The summed E-state index contributed by atoms with van der Waals surface area (Å²) in [6.45, 7) is 2.80. The highest BCUT2D eigenvalue weighted by Crippen LogP contribution is 2.33. The number of hydrogen-bond donors (Lipinski definition) is 1. The van der Waals surface area contributed by atoms with Crippen molar-refractivity contribution in [3.8, 4) is 11.5 Å². The van der Waals surface area contributed by atoms with Crippen LogP contribution in [-0.2, 0) is 0 Å². The Hall–Kier alpha value is -1.26. The molecule has 0 amide bonds. The molecule has 4 heteroatoms. The molecular formula is C14H24N2O2. The van der Waals surface area contributed by atoms with Crippen LogP contribution in [0.15, 0.2) is 18.2 Å². The summed E-state index contributed by atoms with van der Waals surface area (Å²) in [4.78, 5) is 2.18. The SMILES string of the molecule is COc1ccc(C(C(C)CN)N(C)C)cc1OC. The highest BCUT2D eigenvalue weighted by Gasteiger charge is 2.21. The topological polar surface area (TPSA) is 47.7 Å². The van der Waals surface area contributed by atoms with Crippen molar-refractivity contribution in [3.63, 3.8) is 0 Å². The quantitative estimate of drug-likeness (QED) is 0.840. The summed E-state index contributed by atoms with van der Waals surface area (Å²) < 4.78 is 10.6. The number of rotatable bonds is 6. The van der Waals surface area contributed by atoms with Crippen molar-refractivity contribution in [2.75, 3.05) is 34.9 Å². The van der Waals surface area contributed by atoms with Crippen molar-refractivity contribution >= 4 is 0 Å². The first-order valence-corrected chi connectivity index (χ1v) is 6.13. The second-order valence-corrected chi connectivity index (χ2v) is 4.74. The molecule has 1 aromatic rings. The summed E-state index contributed by atoms with van der Waals surface area (Å²) in [7, 11) is 7.42. The van der Waals surface area contributed by atoms with Crippen molar-refractivity contribution in [2.24, 2.45) is 11.7 Å². The zero-order chi connectivity index (χ0) is 13.7. The minimum absolute atomic E-state index is 0.273. The average Bonchev–Trinajstić information content (AvgIpc) is 2.37. The summed E-state index contributed by atoms with van der Waals surface area (Å²) >= 11 is 0. The van der Waals surface area contributed by atoms with Crippen LogP contribution in [0, 0.1) is 5.92 Å². The number of hydrogen-bond acceptors (Lipinski definition) is 4. The zero-order valence-corrected chi connectivity index (χ0v) is 11.9. The van der Waals surface area contributed by atoms with E-state index in [0.717, 1.165) is 11.5 Å². The van der Waals surface area contributed by atoms with Crippen LogP contribution < -0.4 is 15.2 Å². The number of methoxy groups -OCH3 is 2. The van der Waals surface area contributed by atoms with Crippen molar-refractivity contribution in [1.29, 1.82) is 0 Å². The van der Waals surface area contributed by atoms with Gasteiger partial charge in [0.15, 0.2) is 11.5 Å². The minimum atomic E-state index is 0.273. The van der Waals surface area contributed by atoms with Gasteiger partial charge in [0.1, 0.15) is 0 Å². The smallest absolute Gasteiger partial charge is 0.161 e. The lowest BCUT2D eigenvalue weighted by Gasteiger charge is -2.30. The molecule has 4 nitrogen and oxygen atoms in total. The van der Waals surface area contributed by atoms with Gasteiger partial charge in [0.05, 0.1) is 14.2 Å². The van der Waals surface area contributed by atoms with Gasteiger partial charge in [-0.1, -0.05) is 13.0 Å². The molecule has 0 fully saturated rings. The standard InChI is InChI=1S/C14H24N2O2/c1-10(9-15)14(16(2)3)11-6-7-12(17-4)13(8-11)18-5/h6-8,10,14H,9,15H2,1-5H3. The largest absolute Gasteiger partial charge is 0.493 e. The number of ether oxygens (including phenoxy) is 2. The zero-order valence-electron chi connectivity index (χ0n) is 11.9. The van der Waals surface area contributed by atoms with Gasteiger partial charge in [-0.15, -0.1) is 0 Å². The molecule has 0 spiro atoms. The van der Waals surface area contributed by atoms with Gasteiger partial charge in [0, 0.05) is 6.04 Å². The van der Waals surface area contributed by atoms with Gasteiger partial charge in [-0.25, -0.2) is 0 Å². The molecule has 1 rings (SSSR count). The first-order valence-electron chi connectivity index (χ1n) is 6.13. The third-order valence-corrected chi connectivity index (χ3v) is 3.22. The van der Waals surface area contributed by atoms with E-state index in [1.807, 2.05) is 12.1 Å². The lowest BCUT2D eigenvalue weighted by atomic mass is 9.93. The van der Waals surface area contributed by atoms with Gasteiger partial charge in [-0.2, -0.15) is 0 Å². The van der Waals surface area contributed by atoms with E-state index in [2.05, 4.69) is 32.0 Å². The van der Waals surface area contributed by atoms with Crippen molar-refractivity contribution < 1.29 is 9.47 Å². The molecular weight excluding hydrogens is 228 g/mol. The number of nitrogens with zero attached hydrogens (tertiary/aromatic N) is 1. The summed E-state index contributed by atoms with van der Waals surface area (Å²) in [5, 5.41) is 0. The van der Waals surface area contributed by atoms with Gasteiger partial charge in [0.2, 0.25) is 0 Å².